The van der Waals surface area contributed by atoms with Gasteiger partial charge in [0.15, 0.2) is 11.5 Å². The quantitative estimate of drug-likeness (QED) is 0.419. The van der Waals surface area contributed by atoms with Crippen molar-refractivity contribution in [1.29, 1.82) is 0 Å². The summed E-state index contributed by atoms with van der Waals surface area (Å²) < 4.78 is 12.7. The normalized spacial score (nSPS) is 11.0. The molecule has 0 amide bonds. The third-order valence-corrected chi connectivity index (χ3v) is 5.33. The van der Waals surface area contributed by atoms with Crippen LogP contribution in [-0.2, 0) is 13.6 Å². The van der Waals surface area contributed by atoms with E-state index >= 15 is 0 Å². The van der Waals surface area contributed by atoms with Gasteiger partial charge in [0.1, 0.15) is 11.9 Å². The van der Waals surface area contributed by atoms with E-state index < -0.39 is 0 Å². The van der Waals surface area contributed by atoms with Crippen LogP contribution in [0.15, 0.2) is 58.2 Å². The van der Waals surface area contributed by atoms with Crippen molar-refractivity contribution in [3.05, 3.63) is 59.1 Å². The Hall–Kier alpha value is -2.93. The van der Waals surface area contributed by atoms with Crippen LogP contribution >= 0.6 is 11.3 Å². The maximum Gasteiger partial charge on any atom is 0.408 e. The molecule has 1 heterocycles. The average molecular weight is 398 g/mol. The van der Waals surface area contributed by atoms with Gasteiger partial charge in [0, 0.05) is 24.7 Å². The number of thiazole rings is 1. The number of aromatic nitrogens is 1. The van der Waals surface area contributed by atoms with E-state index in [2.05, 4.69) is 41.2 Å². The molecule has 0 radical (unpaired) electrons. The zero-order valence-corrected chi connectivity index (χ0v) is 17.7. The van der Waals surface area contributed by atoms with Crippen molar-refractivity contribution >= 4 is 27.8 Å². The molecule has 3 aromatic rings. The number of methoxy groups -OCH3 is 2. The Morgan fingerprint density at radius 1 is 1.04 bits per heavy atom. The Labute approximate surface area is 169 Å². The van der Waals surface area contributed by atoms with Crippen molar-refractivity contribution in [3.8, 4) is 11.5 Å². The second kappa shape index (κ2) is 8.84. The summed E-state index contributed by atoms with van der Waals surface area (Å²) in [5.41, 5.74) is 4.22. The molecule has 7 heteroatoms. The molecule has 146 valence electrons. The summed E-state index contributed by atoms with van der Waals surface area (Å²) in [7, 11) is 7.32. The Kier molecular flexibility index (Phi) is 6.26. The number of nitrogens with zero attached hydrogens (tertiary/aromatic N) is 4. The number of hydrogen-bond donors (Lipinski definition) is 0. The lowest BCUT2D eigenvalue weighted by molar-refractivity contribution is -0.654. The zero-order chi connectivity index (χ0) is 20.1. The van der Waals surface area contributed by atoms with E-state index in [9.17, 15) is 0 Å². The summed E-state index contributed by atoms with van der Waals surface area (Å²) in [6, 6.07) is 12.2. The minimum atomic E-state index is 0.735. The van der Waals surface area contributed by atoms with Crippen LogP contribution in [-0.4, -0.2) is 21.3 Å². The van der Waals surface area contributed by atoms with Crippen LogP contribution < -0.4 is 18.9 Å². The molecule has 1 aromatic heterocycles. The highest BCUT2D eigenvalue weighted by atomic mass is 32.1. The molecule has 0 aliphatic heterocycles. The zero-order valence-electron chi connectivity index (χ0n) is 16.8. The summed E-state index contributed by atoms with van der Waals surface area (Å²) in [4.78, 5) is 2.19. The molecular formula is C21H25N4O2S+. The number of ether oxygens (including phenoxy) is 2. The van der Waals surface area contributed by atoms with Crippen LogP contribution in [0.5, 0.6) is 11.5 Å². The van der Waals surface area contributed by atoms with E-state index in [1.165, 1.54) is 0 Å². The van der Waals surface area contributed by atoms with E-state index in [-0.39, 0.29) is 0 Å². The number of aryl methyl sites for hydroxylation is 2. The van der Waals surface area contributed by atoms with Gasteiger partial charge in [0.25, 0.3) is 0 Å². The lowest BCUT2D eigenvalue weighted by atomic mass is 10.1. The molecule has 28 heavy (non-hydrogen) atoms. The van der Waals surface area contributed by atoms with Gasteiger partial charge in [0.05, 0.1) is 26.4 Å². The first-order chi connectivity index (χ1) is 13.5. The standard InChI is InChI=1S/C21H25N4O2S/c1-15-12-17(7-8-18(15)22-23-21-24(2)10-11-28-21)25(3)14-16-6-9-19(26-4)20(13-16)27-5/h6-13H,14H2,1-5H3/q+1. The van der Waals surface area contributed by atoms with Gasteiger partial charge in [-0.2, -0.15) is 0 Å². The average Bonchev–Trinajstić information content (AvgIpc) is 3.11. The summed E-state index contributed by atoms with van der Waals surface area (Å²) in [5, 5.41) is 11.6. The molecular weight excluding hydrogens is 372 g/mol. The highest BCUT2D eigenvalue weighted by Crippen LogP contribution is 2.30. The molecule has 3 rings (SSSR count). The van der Waals surface area contributed by atoms with Crippen molar-refractivity contribution in [2.75, 3.05) is 26.2 Å². The second-order valence-corrected chi connectivity index (χ2v) is 7.39. The monoisotopic (exact) mass is 397 g/mol. The Morgan fingerprint density at radius 3 is 2.46 bits per heavy atom. The number of hydrogen-bond acceptors (Lipinski definition) is 6. The van der Waals surface area contributed by atoms with Gasteiger partial charge in [-0.05, 0) is 64.8 Å². The third-order valence-electron chi connectivity index (χ3n) is 4.49. The minimum absolute atomic E-state index is 0.735. The maximum atomic E-state index is 5.40. The fraction of sp³-hybridized carbons (Fsp3) is 0.286. The van der Waals surface area contributed by atoms with Gasteiger partial charge in [-0.15, -0.1) is 0 Å². The molecule has 0 atom stereocenters. The number of rotatable bonds is 7. The third kappa shape index (κ3) is 4.48. The first-order valence-electron chi connectivity index (χ1n) is 8.89. The molecule has 0 bridgehead atoms. The highest BCUT2D eigenvalue weighted by molar-refractivity contribution is 7.12. The lowest BCUT2D eigenvalue weighted by Crippen LogP contribution is -2.23. The maximum absolute atomic E-state index is 5.40. The smallest absolute Gasteiger partial charge is 0.408 e. The van der Waals surface area contributed by atoms with E-state index in [1.54, 1.807) is 25.6 Å². The van der Waals surface area contributed by atoms with Crippen LogP contribution in [0.4, 0.5) is 16.5 Å². The van der Waals surface area contributed by atoms with E-state index in [1.807, 2.05) is 47.5 Å². The van der Waals surface area contributed by atoms with Gasteiger partial charge in [-0.3, -0.25) is 0 Å². The predicted molar refractivity (Wildman–Crippen MR) is 113 cm³/mol. The van der Waals surface area contributed by atoms with Crippen molar-refractivity contribution in [2.45, 2.75) is 13.5 Å². The number of benzene rings is 2. The van der Waals surface area contributed by atoms with Crippen molar-refractivity contribution in [2.24, 2.45) is 17.3 Å². The molecule has 0 aliphatic rings. The van der Waals surface area contributed by atoms with Crippen LogP contribution in [0.1, 0.15) is 11.1 Å². The van der Waals surface area contributed by atoms with Crippen molar-refractivity contribution in [3.63, 3.8) is 0 Å². The molecule has 0 saturated carbocycles. The van der Waals surface area contributed by atoms with Crippen LogP contribution in [0.3, 0.4) is 0 Å². The fourth-order valence-electron chi connectivity index (χ4n) is 2.85. The Bertz CT molecular complexity index is 984. The van der Waals surface area contributed by atoms with E-state index in [0.29, 0.717) is 0 Å². The molecule has 6 nitrogen and oxygen atoms in total. The van der Waals surface area contributed by atoms with Gasteiger partial charge in [-0.25, -0.2) is 4.57 Å². The minimum Gasteiger partial charge on any atom is -0.493 e. The number of anilines is 1. The molecule has 0 saturated heterocycles. The summed E-state index contributed by atoms with van der Waals surface area (Å²) in [6.45, 7) is 2.81. The fourth-order valence-corrected chi connectivity index (χ4v) is 3.53. The lowest BCUT2D eigenvalue weighted by Gasteiger charge is -2.21. The first kappa shape index (κ1) is 19.8. The summed E-state index contributed by atoms with van der Waals surface area (Å²) in [6.07, 6.45) is 1.97. The van der Waals surface area contributed by atoms with Crippen LogP contribution in [0.2, 0.25) is 0 Å². The molecule has 0 N–H and O–H groups in total. The van der Waals surface area contributed by atoms with Gasteiger partial charge < -0.3 is 14.4 Å². The second-order valence-electron chi connectivity index (χ2n) is 6.51. The Morgan fingerprint density at radius 2 is 1.82 bits per heavy atom. The van der Waals surface area contributed by atoms with Gasteiger partial charge >= 0.3 is 5.13 Å². The van der Waals surface area contributed by atoms with Crippen LogP contribution in [0, 0.1) is 6.92 Å². The summed E-state index contributed by atoms with van der Waals surface area (Å²) in [5.74, 6) is 1.47. The predicted octanol–water partition coefficient (Wildman–Crippen LogP) is 4.95. The highest BCUT2D eigenvalue weighted by Gasteiger charge is 2.11. The molecule has 0 unspecified atom stereocenters. The molecule has 2 aromatic carbocycles. The molecule has 0 fully saturated rings. The van der Waals surface area contributed by atoms with E-state index in [0.717, 1.165) is 45.7 Å². The van der Waals surface area contributed by atoms with Gasteiger partial charge in [0.2, 0.25) is 0 Å². The van der Waals surface area contributed by atoms with Crippen molar-refractivity contribution in [1.82, 2.24) is 0 Å². The SMILES string of the molecule is COc1ccc(CN(C)c2ccc(/N=N/c3scc[n+]3C)c(C)c2)cc1OC. The van der Waals surface area contributed by atoms with Gasteiger partial charge in [-0.1, -0.05) is 6.07 Å². The van der Waals surface area contributed by atoms with Crippen LogP contribution in [0.25, 0.3) is 0 Å². The Balaban J connectivity index is 1.74. The molecule has 0 aliphatic carbocycles. The topological polar surface area (TPSA) is 50.3 Å². The number of azo groups is 1. The molecule has 0 spiro atoms. The first-order valence-corrected chi connectivity index (χ1v) is 9.77. The van der Waals surface area contributed by atoms with Crippen molar-refractivity contribution < 1.29 is 14.0 Å². The summed E-state index contributed by atoms with van der Waals surface area (Å²) >= 11 is 1.56. The van der Waals surface area contributed by atoms with E-state index in [4.69, 9.17) is 9.47 Å². The largest absolute Gasteiger partial charge is 0.493 e.